The third kappa shape index (κ3) is 5.55. The van der Waals surface area contributed by atoms with E-state index >= 15 is 0 Å². The smallest absolute Gasteiger partial charge is 0.160 e. The first-order valence-corrected chi connectivity index (χ1v) is 23.0. The Morgan fingerprint density at radius 2 is 0.818 bits per heavy atom. The van der Waals surface area contributed by atoms with Crippen LogP contribution in [-0.2, 0) is 10.8 Å². The van der Waals surface area contributed by atoms with Crippen LogP contribution in [0.3, 0.4) is 0 Å². The summed E-state index contributed by atoms with van der Waals surface area (Å²) in [6.07, 6.45) is 0. The highest BCUT2D eigenvalue weighted by Crippen LogP contribution is 2.59. The maximum absolute atomic E-state index is 5.42. The van der Waals surface area contributed by atoms with Gasteiger partial charge in [0.15, 0.2) is 5.82 Å². The van der Waals surface area contributed by atoms with E-state index < -0.39 is 5.41 Å². The molecule has 66 heavy (non-hydrogen) atoms. The molecule has 11 aromatic rings. The van der Waals surface area contributed by atoms with Gasteiger partial charge in [-0.2, -0.15) is 0 Å². The number of hydrogen-bond donors (Lipinski definition) is 0. The predicted octanol–water partition coefficient (Wildman–Crippen LogP) is 16.1. The van der Waals surface area contributed by atoms with Gasteiger partial charge in [0, 0.05) is 22.1 Å². The molecule has 1 heterocycles. The molecule has 2 nitrogen and oxygen atoms in total. The van der Waals surface area contributed by atoms with Crippen molar-refractivity contribution in [3.63, 3.8) is 0 Å². The van der Waals surface area contributed by atoms with E-state index in [0.29, 0.717) is 5.82 Å². The maximum atomic E-state index is 5.42. The SMILES string of the molecule is CC1(C)c2cc3ccccc3cc2-c2c(-c3cc(-c4ccc(-c5cccc6c5-c5ccccc5C6(c5ccccc5)c5ccccc5)c5ccccc45)nc(-c4ccccc4)n3)cccc21. The molecule has 0 N–H and O–H groups in total. The standard InChI is InChI=1S/C64H44N2/c1-63(2)55-34-19-32-52(61(55)53-38-42-22-12-13-23-43(42)39-57(53)63)59-40-58(65-62(66-59)41-20-6-3-7-21-41)49-37-36-48(46-28-14-15-29-47(46)49)50-31-18-35-56-60(50)51-30-16-17-33-54(51)64(56,44-24-8-4-9-25-44)45-26-10-5-11-27-45/h3-40H,1-2H3. The second-order valence-electron chi connectivity index (χ2n) is 18.4. The molecule has 0 saturated heterocycles. The fourth-order valence-electron chi connectivity index (χ4n) is 11.6. The van der Waals surface area contributed by atoms with Crippen LogP contribution in [-0.4, -0.2) is 9.97 Å². The number of benzene rings is 10. The highest BCUT2D eigenvalue weighted by Gasteiger charge is 2.47. The normalized spacial score (nSPS) is 13.8. The van der Waals surface area contributed by atoms with E-state index in [1.165, 1.54) is 82.9 Å². The molecule has 0 amide bonds. The van der Waals surface area contributed by atoms with Crippen LogP contribution >= 0.6 is 0 Å². The van der Waals surface area contributed by atoms with Gasteiger partial charge in [0.1, 0.15) is 0 Å². The number of nitrogens with zero attached hydrogens (tertiary/aromatic N) is 2. The molecule has 1 aromatic heterocycles. The lowest BCUT2D eigenvalue weighted by Gasteiger charge is -2.34. The van der Waals surface area contributed by atoms with Gasteiger partial charge >= 0.3 is 0 Å². The first-order chi connectivity index (χ1) is 32.5. The lowest BCUT2D eigenvalue weighted by molar-refractivity contribution is 0.661. The Kier molecular flexibility index (Phi) is 8.51. The van der Waals surface area contributed by atoms with Crippen molar-refractivity contribution >= 4 is 21.5 Å². The Labute approximate surface area is 385 Å². The lowest BCUT2D eigenvalue weighted by Crippen LogP contribution is -2.28. The van der Waals surface area contributed by atoms with Gasteiger partial charge < -0.3 is 0 Å². The molecule has 0 unspecified atom stereocenters. The lowest BCUT2D eigenvalue weighted by atomic mass is 9.67. The number of fused-ring (bicyclic) bond motifs is 8. The Bertz CT molecular complexity index is 3680. The highest BCUT2D eigenvalue weighted by atomic mass is 14.9. The van der Waals surface area contributed by atoms with Crippen molar-refractivity contribution in [1.82, 2.24) is 9.97 Å². The molecule has 0 fully saturated rings. The van der Waals surface area contributed by atoms with E-state index in [1.807, 2.05) is 0 Å². The van der Waals surface area contributed by atoms with Gasteiger partial charge in [-0.1, -0.05) is 226 Å². The van der Waals surface area contributed by atoms with Crippen LogP contribution in [0.2, 0.25) is 0 Å². The van der Waals surface area contributed by atoms with Gasteiger partial charge in [-0.05, 0) is 107 Å². The quantitative estimate of drug-likeness (QED) is 0.167. The third-order valence-electron chi connectivity index (χ3n) is 14.6. The van der Waals surface area contributed by atoms with E-state index in [9.17, 15) is 0 Å². The molecule has 0 radical (unpaired) electrons. The Hall–Kier alpha value is -8.20. The minimum absolute atomic E-state index is 0.172. The summed E-state index contributed by atoms with van der Waals surface area (Å²) < 4.78 is 0. The second kappa shape index (κ2) is 14.7. The van der Waals surface area contributed by atoms with E-state index in [0.717, 1.165) is 33.5 Å². The fraction of sp³-hybridized carbons (Fsp3) is 0.0625. The number of hydrogen-bond acceptors (Lipinski definition) is 2. The Balaban J connectivity index is 1.03. The van der Waals surface area contributed by atoms with Crippen LogP contribution in [0.15, 0.2) is 231 Å². The van der Waals surface area contributed by atoms with Gasteiger partial charge in [0.25, 0.3) is 0 Å². The zero-order valence-corrected chi connectivity index (χ0v) is 36.8. The molecule has 0 aliphatic heterocycles. The average molecular weight is 841 g/mol. The summed E-state index contributed by atoms with van der Waals surface area (Å²) in [6, 6.07) is 84.4. The van der Waals surface area contributed by atoms with Gasteiger partial charge in [0.05, 0.1) is 16.8 Å². The Morgan fingerprint density at radius 1 is 0.318 bits per heavy atom. The van der Waals surface area contributed by atoms with E-state index in [2.05, 4.69) is 244 Å². The van der Waals surface area contributed by atoms with E-state index in [1.54, 1.807) is 0 Å². The molecular weight excluding hydrogens is 797 g/mol. The molecule has 13 rings (SSSR count). The van der Waals surface area contributed by atoms with Crippen LogP contribution in [0.5, 0.6) is 0 Å². The van der Waals surface area contributed by atoms with Crippen molar-refractivity contribution in [2.45, 2.75) is 24.7 Å². The summed E-state index contributed by atoms with van der Waals surface area (Å²) in [4.78, 5) is 10.8. The van der Waals surface area contributed by atoms with Crippen molar-refractivity contribution in [3.05, 3.63) is 264 Å². The highest BCUT2D eigenvalue weighted by molar-refractivity contribution is 6.09. The van der Waals surface area contributed by atoms with E-state index in [-0.39, 0.29) is 5.41 Å². The first-order valence-electron chi connectivity index (χ1n) is 23.0. The number of aromatic nitrogens is 2. The van der Waals surface area contributed by atoms with Crippen molar-refractivity contribution in [2.75, 3.05) is 0 Å². The van der Waals surface area contributed by atoms with Crippen LogP contribution in [0, 0.1) is 0 Å². The summed E-state index contributed by atoms with van der Waals surface area (Å²) in [5.74, 6) is 0.709. The van der Waals surface area contributed by atoms with Crippen LogP contribution in [0.25, 0.3) is 88.8 Å². The molecule has 2 heteroatoms. The second-order valence-corrected chi connectivity index (χ2v) is 18.4. The van der Waals surface area contributed by atoms with Crippen molar-refractivity contribution < 1.29 is 0 Å². The minimum atomic E-state index is -0.480. The molecule has 310 valence electrons. The summed E-state index contributed by atoms with van der Waals surface area (Å²) in [5.41, 5.74) is 19.6. The van der Waals surface area contributed by atoms with Crippen molar-refractivity contribution in [3.8, 4) is 67.3 Å². The van der Waals surface area contributed by atoms with Crippen molar-refractivity contribution in [2.24, 2.45) is 0 Å². The maximum Gasteiger partial charge on any atom is 0.160 e. The molecular formula is C64H44N2. The third-order valence-corrected chi connectivity index (χ3v) is 14.6. The molecule has 0 atom stereocenters. The first kappa shape index (κ1) is 38.3. The van der Waals surface area contributed by atoms with Crippen LogP contribution in [0.4, 0.5) is 0 Å². The summed E-state index contributed by atoms with van der Waals surface area (Å²) in [6.45, 7) is 4.71. The molecule has 2 aliphatic rings. The zero-order chi connectivity index (χ0) is 44.0. The fourth-order valence-corrected chi connectivity index (χ4v) is 11.6. The molecule has 0 spiro atoms. The number of rotatable bonds is 6. The predicted molar refractivity (Wildman–Crippen MR) is 274 cm³/mol. The minimum Gasteiger partial charge on any atom is -0.228 e. The average Bonchev–Trinajstić information content (AvgIpc) is 3.81. The van der Waals surface area contributed by atoms with Crippen LogP contribution in [0.1, 0.15) is 47.2 Å². The summed E-state index contributed by atoms with van der Waals surface area (Å²) in [5, 5.41) is 4.84. The van der Waals surface area contributed by atoms with Crippen molar-refractivity contribution in [1.29, 1.82) is 0 Å². The Morgan fingerprint density at radius 3 is 1.53 bits per heavy atom. The summed E-state index contributed by atoms with van der Waals surface area (Å²) in [7, 11) is 0. The van der Waals surface area contributed by atoms with Gasteiger partial charge in [0.2, 0.25) is 0 Å². The topological polar surface area (TPSA) is 25.8 Å². The van der Waals surface area contributed by atoms with Crippen LogP contribution < -0.4 is 0 Å². The summed E-state index contributed by atoms with van der Waals surface area (Å²) >= 11 is 0. The van der Waals surface area contributed by atoms with Gasteiger partial charge in [-0.3, -0.25) is 0 Å². The monoisotopic (exact) mass is 840 g/mol. The van der Waals surface area contributed by atoms with Gasteiger partial charge in [-0.25, -0.2) is 9.97 Å². The largest absolute Gasteiger partial charge is 0.228 e. The molecule has 0 saturated carbocycles. The van der Waals surface area contributed by atoms with E-state index in [4.69, 9.17) is 9.97 Å². The molecule has 10 aromatic carbocycles. The molecule has 0 bridgehead atoms. The molecule has 2 aliphatic carbocycles. The zero-order valence-electron chi connectivity index (χ0n) is 36.8. The van der Waals surface area contributed by atoms with Gasteiger partial charge in [-0.15, -0.1) is 0 Å².